The number of aryl methyl sites for hydroxylation is 1. The van der Waals surface area contributed by atoms with Gasteiger partial charge in [-0.2, -0.15) is 9.30 Å². The topological polar surface area (TPSA) is 98.0 Å². The van der Waals surface area contributed by atoms with Crippen molar-refractivity contribution in [3.05, 3.63) is 57.9 Å². The molecule has 1 aromatic heterocycles. The average Bonchev–Trinajstić information content (AvgIpc) is 3.43. The third kappa shape index (κ3) is 4.48. The number of methoxy groups -OCH3 is 1. The number of carbonyl (C=O) groups is 2. The molecule has 0 saturated carbocycles. The maximum absolute atomic E-state index is 13.1. The van der Waals surface area contributed by atoms with Crippen molar-refractivity contribution in [2.24, 2.45) is 4.99 Å². The number of thiazole rings is 1. The van der Waals surface area contributed by atoms with Crippen LogP contribution < -0.4 is 4.80 Å². The fourth-order valence-corrected chi connectivity index (χ4v) is 6.81. The highest BCUT2D eigenvalue weighted by Crippen LogP contribution is 2.28. The van der Waals surface area contributed by atoms with E-state index in [2.05, 4.69) is 4.99 Å². The lowest BCUT2D eigenvalue weighted by atomic mass is 10.2. The first-order valence-corrected chi connectivity index (χ1v) is 13.0. The highest BCUT2D eigenvalue weighted by atomic mass is 35.5. The van der Waals surface area contributed by atoms with Crippen LogP contribution in [0.2, 0.25) is 5.02 Å². The molecule has 4 rings (SSSR count). The predicted octanol–water partition coefficient (Wildman–Crippen LogP) is 3.44. The van der Waals surface area contributed by atoms with Crippen LogP contribution in [0.15, 0.2) is 52.4 Å². The summed E-state index contributed by atoms with van der Waals surface area (Å²) >= 11 is 7.15. The third-order valence-corrected chi connectivity index (χ3v) is 8.75. The van der Waals surface area contributed by atoms with Crippen LogP contribution in [0.5, 0.6) is 0 Å². The second kappa shape index (κ2) is 9.38. The quantitative estimate of drug-likeness (QED) is 0.493. The molecule has 3 aromatic rings. The van der Waals surface area contributed by atoms with Gasteiger partial charge in [-0.1, -0.05) is 22.9 Å². The van der Waals surface area contributed by atoms with Crippen LogP contribution in [0.1, 0.15) is 30.1 Å². The Kier molecular flexibility index (Phi) is 6.71. The second-order valence-electron chi connectivity index (χ2n) is 7.48. The number of nitrogens with zero attached hydrogens (tertiary/aromatic N) is 3. The molecule has 1 fully saturated rings. The van der Waals surface area contributed by atoms with E-state index in [1.807, 2.05) is 11.5 Å². The molecule has 0 N–H and O–H groups in total. The SMILES string of the molecule is CCn1c(=NC(=O)C2CCCN2S(=O)(=O)c2ccc(Cl)cc2)sc2cc(C(=O)OC)ccc21. The van der Waals surface area contributed by atoms with Crippen molar-refractivity contribution in [2.75, 3.05) is 13.7 Å². The van der Waals surface area contributed by atoms with Crippen LogP contribution >= 0.6 is 22.9 Å². The zero-order chi connectivity index (χ0) is 23.8. The van der Waals surface area contributed by atoms with Gasteiger partial charge in [0, 0.05) is 18.1 Å². The van der Waals surface area contributed by atoms with Crippen LogP contribution in [0.3, 0.4) is 0 Å². The lowest BCUT2D eigenvalue weighted by Crippen LogP contribution is -2.40. The summed E-state index contributed by atoms with van der Waals surface area (Å²) in [5.74, 6) is -0.955. The van der Waals surface area contributed by atoms with E-state index in [1.165, 1.54) is 47.0 Å². The molecule has 0 aliphatic carbocycles. The van der Waals surface area contributed by atoms with Crippen molar-refractivity contribution in [3.63, 3.8) is 0 Å². The summed E-state index contributed by atoms with van der Waals surface area (Å²) in [6.45, 7) is 2.73. The number of aromatic nitrogens is 1. The van der Waals surface area contributed by atoms with Crippen molar-refractivity contribution >= 4 is 55.1 Å². The maximum Gasteiger partial charge on any atom is 0.337 e. The standard InChI is InChI=1S/C22H22ClN3O5S2/c1-3-25-17-11-6-14(21(28)31-2)13-19(17)32-22(25)24-20(27)18-5-4-12-26(18)33(29,30)16-9-7-15(23)8-10-16/h6-11,13,18H,3-5,12H2,1-2H3. The van der Waals surface area contributed by atoms with Crippen molar-refractivity contribution in [1.82, 2.24) is 8.87 Å². The minimum Gasteiger partial charge on any atom is -0.465 e. The molecule has 1 atom stereocenters. The van der Waals surface area contributed by atoms with Crippen LogP contribution in [0, 0.1) is 0 Å². The van der Waals surface area contributed by atoms with Gasteiger partial charge in [-0.25, -0.2) is 13.2 Å². The third-order valence-electron chi connectivity index (χ3n) is 5.53. The van der Waals surface area contributed by atoms with Gasteiger partial charge in [0.25, 0.3) is 5.91 Å². The van der Waals surface area contributed by atoms with Crippen molar-refractivity contribution < 1.29 is 22.7 Å². The van der Waals surface area contributed by atoms with Crippen LogP contribution in [-0.4, -0.2) is 48.9 Å². The molecular weight excluding hydrogens is 486 g/mol. The van der Waals surface area contributed by atoms with E-state index < -0.39 is 27.9 Å². The van der Waals surface area contributed by atoms with Crippen LogP contribution in [-0.2, 0) is 26.1 Å². The van der Waals surface area contributed by atoms with Crippen molar-refractivity contribution in [1.29, 1.82) is 0 Å². The number of hydrogen-bond donors (Lipinski definition) is 0. The zero-order valence-electron chi connectivity index (χ0n) is 18.0. The maximum atomic E-state index is 13.1. The molecule has 2 aromatic carbocycles. The van der Waals surface area contributed by atoms with Crippen molar-refractivity contribution in [3.8, 4) is 0 Å². The Morgan fingerprint density at radius 3 is 2.61 bits per heavy atom. The molecule has 2 heterocycles. The molecule has 1 amide bonds. The largest absolute Gasteiger partial charge is 0.465 e. The number of carbonyl (C=O) groups excluding carboxylic acids is 2. The molecule has 0 bridgehead atoms. The summed E-state index contributed by atoms with van der Waals surface area (Å²) in [7, 11) is -2.54. The normalized spacial score (nSPS) is 17.5. The number of amides is 1. The fourth-order valence-electron chi connectivity index (χ4n) is 3.89. The summed E-state index contributed by atoms with van der Waals surface area (Å²) in [4.78, 5) is 29.9. The lowest BCUT2D eigenvalue weighted by molar-refractivity contribution is -0.121. The lowest BCUT2D eigenvalue weighted by Gasteiger charge is -2.21. The molecule has 8 nitrogen and oxygen atoms in total. The molecule has 33 heavy (non-hydrogen) atoms. The molecule has 0 radical (unpaired) electrons. The Bertz CT molecular complexity index is 1390. The Hall–Kier alpha value is -2.53. The van der Waals surface area contributed by atoms with Gasteiger partial charge in [-0.3, -0.25) is 4.79 Å². The minimum atomic E-state index is -3.86. The Balaban J connectivity index is 1.70. The molecule has 11 heteroatoms. The molecule has 1 saturated heterocycles. The molecular formula is C22H22ClN3O5S2. The molecule has 174 valence electrons. The molecule has 1 aliphatic rings. The predicted molar refractivity (Wildman–Crippen MR) is 126 cm³/mol. The van der Waals surface area contributed by atoms with E-state index in [1.54, 1.807) is 18.2 Å². The number of benzene rings is 2. The summed E-state index contributed by atoms with van der Waals surface area (Å²) in [5.41, 5.74) is 1.24. The van der Waals surface area contributed by atoms with Gasteiger partial charge in [0.15, 0.2) is 4.80 Å². The van der Waals surface area contributed by atoms with Crippen molar-refractivity contribution in [2.45, 2.75) is 37.2 Å². The van der Waals surface area contributed by atoms with Gasteiger partial charge in [-0.15, -0.1) is 0 Å². The summed E-state index contributed by atoms with van der Waals surface area (Å²) in [5, 5.41) is 0.433. The second-order valence-corrected chi connectivity index (χ2v) is 10.8. The average molecular weight is 508 g/mol. The van der Waals surface area contributed by atoms with Gasteiger partial charge in [0.1, 0.15) is 6.04 Å². The summed E-state index contributed by atoms with van der Waals surface area (Å²) in [6, 6.07) is 10.2. The van der Waals surface area contributed by atoms with Gasteiger partial charge in [0.2, 0.25) is 10.0 Å². The highest BCUT2D eigenvalue weighted by Gasteiger charge is 2.39. The van der Waals surface area contributed by atoms with E-state index >= 15 is 0 Å². The van der Waals surface area contributed by atoms with Gasteiger partial charge in [0.05, 0.1) is 27.8 Å². The van der Waals surface area contributed by atoms with Crippen LogP contribution in [0.4, 0.5) is 0 Å². The summed E-state index contributed by atoms with van der Waals surface area (Å²) < 4.78 is 34.9. The number of fused-ring (bicyclic) bond motifs is 1. The summed E-state index contributed by atoms with van der Waals surface area (Å²) in [6.07, 6.45) is 0.972. The van der Waals surface area contributed by atoms with E-state index in [-0.39, 0.29) is 11.4 Å². The Morgan fingerprint density at radius 1 is 1.21 bits per heavy atom. The zero-order valence-corrected chi connectivity index (χ0v) is 20.4. The molecule has 1 aliphatic heterocycles. The van der Waals surface area contributed by atoms with E-state index in [9.17, 15) is 18.0 Å². The van der Waals surface area contributed by atoms with E-state index in [0.717, 1.165) is 10.2 Å². The van der Waals surface area contributed by atoms with Gasteiger partial charge in [-0.05, 0) is 62.2 Å². The highest BCUT2D eigenvalue weighted by molar-refractivity contribution is 7.89. The first-order chi connectivity index (χ1) is 15.8. The number of sulfonamides is 1. The number of esters is 1. The number of hydrogen-bond acceptors (Lipinski definition) is 6. The molecule has 0 spiro atoms. The first-order valence-electron chi connectivity index (χ1n) is 10.3. The monoisotopic (exact) mass is 507 g/mol. The Labute approximate surface area is 200 Å². The number of ether oxygens (including phenoxy) is 1. The van der Waals surface area contributed by atoms with E-state index in [0.29, 0.717) is 34.8 Å². The molecule has 1 unspecified atom stereocenters. The smallest absolute Gasteiger partial charge is 0.337 e. The van der Waals surface area contributed by atoms with Gasteiger partial charge < -0.3 is 9.30 Å². The number of halogens is 1. The fraction of sp³-hybridized carbons (Fsp3) is 0.318. The minimum absolute atomic E-state index is 0.0902. The van der Waals surface area contributed by atoms with Crippen LogP contribution in [0.25, 0.3) is 10.2 Å². The van der Waals surface area contributed by atoms with Gasteiger partial charge >= 0.3 is 5.97 Å². The Morgan fingerprint density at radius 2 is 1.94 bits per heavy atom. The first kappa shape index (κ1) is 23.6. The van der Waals surface area contributed by atoms with E-state index in [4.69, 9.17) is 16.3 Å². The number of rotatable bonds is 5.